The molecule has 0 spiro atoms. The molecule has 0 fully saturated rings. The minimum atomic E-state index is -3.77. The lowest BCUT2D eigenvalue weighted by molar-refractivity contribution is 0.164. The largest absolute Gasteiger partial charge is 0.448 e. The van der Waals surface area contributed by atoms with Gasteiger partial charge in [0, 0.05) is 34.5 Å². The first-order valence-corrected chi connectivity index (χ1v) is 15.9. The number of carbonyl (C=O) groups excluding carboxylic acids is 1. The van der Waals surface area contributed by atoms with Crippen molar-refractivity contribution in [2.24, 2.45) is 9.50 Å². The molecule has 1 amide bonds. The summed E-state index contributed by atoms with van der Waals surface area (Å²) < 4.78 is 44.3. The Kier molecular flexibility index (Phi) is 8.60. The van der Waals surface area contributed by atoms with Crippen molar-refractivity contribution in [3.05, 3.63) is 77.8 Å². The number of hydrogen-bond acceptors (Lipinski definition) is 10. The molecule has 4 rings (SSSR count). The van der Waals surface area contributed by atoms with Gasteiger partial charge in [0.05, 0.1) is 26.8 Å². The Morgan fingerprint density at radius 3 is 2.36 bits per heavy atom. The van der Waals surface area contributed by atoms with E-state index in [0.717, 1.165) is 16.0 Å². The number of amides is 1. The Labute approximate surface area is 230 Å². The molecule has 2 aromatic carbocycles. The molecule has 0 aliphatic heterocycles. The summed E-state index contributed by atoms with van der Waals surface area (Å²) >= 11 is 1.55. The normalized spacial score (nSPS) is 12.8. The number of nitrogens with zero attached hydrogens (tertiary/aromatic N) is 3. The highest BCUT2D eigenvalue weighted by molar-refractivity contribution is 7.93. The Balaban J connectivity index is 1.55. The van der Waals surface area contributed by atoms with Crippen LogP contribution in [0.4, 0.5) is 22.2 Å². The summed E-state index contributed by atoms with van der Waals surface area (Å²) in [5, 5.41) is 13.6. The zero-order valence-electron chi connectivity index (χ0n) is 21.0. The maximum Gasteiger partial charge on any atom is 0.442 e. The van der Waals surface area contributed by atoms with Crippen molar-refractivity contribution in [2.75, 3.05) is 23.5 Å². The van der Waals surface area contributed by atoms with Crippen molar-refractivity contribution >= 4 is 54.6 Å². The number of aromatic nitrogens is 2. The predicted molar refractivity (Wildman–Crippen MR) is 152 cm³/mol. The van der Waals surface area contributed by atoms with Gasteiger partial charge in [-0.05, 0) is 60.3 Å². The number of carbonyl (C=O) groups is 1. The molecule has 2 heterocycles. The molecule has 0 saturated heterocycles. The van der Waals surface area contributed by atoms with Crippen LogP contribution in [0.5, 0.6) is 0 Å². The number of ether oxygens (including phenoxy) is 1. The number of rotatable bonds is 9. The molecule has 4 aromatic rings. The molecule has 0 radical (unpaired) electrons. The van der Waals surface area contributed by atoms with Crippen LogP contribution < -0.4 is 15.8 Å². The monoisotopic (exact) mass is 586 g/mol. The zero-order valence-corrected chi connectivity index (χ0v) is 23.5. The first-order valence-electron chi connectivity index (χ1n) is 11.6. The smallest absolute Gasteiger partial charge is 0.442 e. The van der Waals surface area contributed by atoms with Crippen LogP contribution >= 0.6 is 11.3 Å². The molecule has 1 unspecified atom stereocenters. The van der Waals surface area contributed by atoms with E-state index in [4.69, 9.17) is 9.88 Å². The van der Waals surface area contributed by atoms with E-state index in [-0.39, 0.29) is 11.5 Å². The number of nitrogens with one attached hydrogen (secondary N) is 2. The van der Waals surface area contributed by atoms with Gasteiger partial charge in [-0.25, -0.2) is 27.5 Å². The number of hydrogen-bond donors (Lipinski definition) is 3. The number of thiophene rings is 1. The molecule has 0 aliphatic carbocycles. The van der Waals surface area contributed by atoms with Crippen LogP contribution in [0, 0.1) is 0 Å². The number of benzene rings is 2. The van der Waals surface area contributed by atoms with Crippen LogP contribution in [0.15, 0.2) is 86.4 Å². The minimum absolute atomic E-state index is 0.0403. The molecule has 14 heteroatoms. The van der Waals surface area contributed by atoms with Gasteiger partial charge < -0.3 is 15.4 Å². The predicted octanol–water partition coefficient (Wildman–Crippen LogP) is 4.82. The highest BCUT2D eigenvalue weighted by Gasteiger charge is 2.13. The summed E-state index contributed by atoms with van der Waals surface area (Å²) in [7, 11) is -6.73. The maximum absolute atomic E-state index is 12.8. The zero-order chi connectivity index (χ0) is 28.0. The summed E-state index contributed by atoms with van der Waals surface area (Å²) in [6.45, 7) is 2.17. The van der Waals surface area contributed by atoms with E-state index in [1.165, 1.54) is 18.4 Å². The molecule has 0 bridgehead atoms. The van der Waals surface area contributed by atoms with Gasteiger partial charge in [-0.2, -0.15) is 4.98 Å². The van der Waals surface area contributed by atoms with E-state index in [2.05, 4.69) is 25.0 Å². The van der Waals surface area contributed by atoms with Gasteiger partial charge in [-0.3, -0.25) is 0 Å². The van der Waals surface area contributed by atoms with Gasteiger partial charge in [0.2, 0.25) is 16.0 Å². The first kappa shape index (κ1) is 28.2. The van der Waals surface area contributed by atoms with E-state index < -0.39 is 25.8 Å². The van der Waals surface area contributed by atoms with Crippen LogP contribution in [0.25, 0.3) is 10.4 Å². The van der Waals surface area contributed by atoms with Crippen LogP contribution in [0.1, 0.15) is 12.5 Å². The average molecular weight is 587 g/mol. The van der Waals surface area contributed by atoms with E-state index >= 15 is 0 Å². The van der Waals surface area contributed by atoms with Crippen molar-refractivity contribution in [2.45, 2.75) is 23.3 Å². The summed E-state index contributed by atoms with van der Waals surface area (Å²) in [6.07, 6.45) is 2.21. The third kappa shape index (κ3) is 7.38. The van der Waals surface area contributed by atoms with Crippen molar-refractivity contribution < 1.29 is 22.2 Å². The molecule has 2 aromatic heterocycles. The van der Waals surface area contributed by atoms with Crippen molar-refractivity contribution in [3.8, 4) is 10.4 Å². The highest BCUT2D eigenvalue weighted by atomic mass is 32.2. The number of primary sulfonamides is 1. The summed E-state index contributed by atoms with van der Waals surface area (Å²) in [5.41, 5.74) is 2.27. The fourth-order valence-corrected chi connectivity index (χ4v) is 5.77. The van der Waals surface area contributed by atoms with Crippen molar-refractivity contribution in [1.82, 2.24) is 9.97 Å². The Morgan fingerprint density at radius 1 is 1.05 bits per heavy atom. The van der Waals surface area contributed by atoms with E-state index in [0.29, 0.717) is 28.9 Å². The minimum Gasteiger partial charge on any atom is -0.448 e. The SMILES string of the molecule is CCOC(=O)N=S(C)(=O)c1ccc(Nc2ncc(-c3cccs3)c(NCc3ccc(S(N)(=O)=O)cc3)n2)cc1. The number of anilines is 3. The van der Waals surface area contributed by atoms with Gasteiger partial charge in [0.15, 0.2) is 0 Å². The average Bonchev–Trinajstić information content (AvgIpc) is 3.42. The van der Waals surface area contributed by atoms with Crippen molar-refractivity contribution in [3.63, 3.8) is 0 Å². The highest BCUT2D eigenvalue weighted by Crippen LogP contribution is 2.31. The Hall–Kier alpha value is -3.85. The molecule has 4 N–H and O–H groups in total. The maximum atomic E-state index is 12.8. The topological polar surface area (TPSA) is 166 Å². The second-order valence-corrected chi connectivity index (χ2v) is 13.0. The van der Waals surface area contributed by atoms with Gasteiger partial charge in [0.1, 0.15) is 5.82 Å². The quantitative estimate of drug-likeness (QED) is 0.249. The van der Waals surface area contributed by atoms with Gasteiger partial charge in [0.25, 0.3) is 0 Å². The van der Waals surface area contributed by atoms with E-state index in [1.807, 2.05) is 17.5 Å². The molecule has 39 heavy (non-hydrogen) atoms. The fraction of sp³-hybridized carbons (Fsp3) is 0.160. The lowest BCUT2D eigenvalue weighted by Crippen LogP contribution is -2.12. The molecular formula is C25H26N6O5S3. The Bertz CT molecular complexity index is 1680. The van der Waals surface area contributed by atoms with E-state index in [9.17, 15) is 17.4 Å². The standard InChI is InChI=1S/C25H26N6O5S3/c1-3-36-25(32)31-38(2,33)19-12-8-18(9-13-19)29-24-28-16-21(22-5-4-14-37-22)23(30-24)27-15-17-6-10-20(11-7-17)39(26,34)35/h4-14,16H,3,15H2,1-2H3,(H2,26,34,35)(H2,27,28,29,30). The fourth-order valence-electron chi connectivity index (χ4n) is 3.44. The molecule has 0 saturated carbocycles. The molecule has 11 nitrogen and oxygen atoms in total. The third-order valence-electron chi connectivity index (χ3n) is 5.35. The summed E-state index contributed by atoms with van der Waals surface area (Å²) in [4.78, 5) is 22.1. The first-order chi connectivity index (χ1) is 18.5. The third-order valence-corrected chi connectivity index (χ3v) is 8.83. The number of sulfonamides is 1. The van der Waals surface area contributed by atoms with Gasteiger partial charge in [-0.1, -0.05) is 18.2 Å². The van der Waals surface area contributed by atoms with Crippen LogP contribution in [-0.2, 0) is 31.0 Å². The second kappa shape index (κ2) is 11.9. The summed E-state index contributed by atoms with van der Waals surface area (Å²) in [5.74, 6) is 0.899. The molecule has 1 atom stereocenters. The van der Waals surface area contributed by atoms with Crippen LogP contribution in [0.2, 0.25) is 0 Å². The molecular weight excluding hydrogens is 561 g/mol. The number of nitrogens with two attached hydrogens (primary N) is 1. The van der Waals surface area contributed by atoms with Gasteiger partial charge >= 0.3 is 6.09 Å². The molecule has 0 aliphatic rings. The Morgan fingerprint density at radius 2 is 1.74 bits per heavy atom. The lowest BCUT2D eigenvalue weighted by atomic mass is 10.2. The molecule has 204 valence electrons. The van der Waals surface area contributed by atoms with Crippen LogP contribution in [0.3, 0.4) is 0 Å². The van der Waals surface area contributed by atoms with Gasteiger partial charge in [-0.15, -0.1) is 15.7 Å². The second-order valence-electron chi connectivity index (χ2n) is 8.22. The lowest BCUT2D eigenvalue weighted by Gasteiger charge is -2.13. The van der Waals surface area contributed by atoms with Crippen molar-refractivity contribution in [1.29, 1.82) is 0 Å². The van der Waals surface area contributed by atoms with E-state index in [1.54, 1.807) is 60.9 Å². The summed E-state index contributed by atoms with van der Waals surface area (Å²) in [6, 6.07) is 16.8. The van der Waals surface area contributed by atoms with Crippen LogP contribution in [-0.4, -0.2) is 41.6 Å².